The number of nitrogens with zero attached hydrogens (tertiary/aromatic N) is 4. The molecular formula is C18H30N6O2. The molecule has 1 aromatic heterocycles. The molecule has 3 aliphatic rings. The first-order valence-electron chi connectivity index (χ1n) is 9.99. The molecule has 0 radical (unpaired) electrons. The molecule has 0 bridgehead atoms. The molecule has 0 unspecified atom stereocenters. The summed E-state index contributed by atoms with van der Waals surface area (Å²) in [6, 6.07) is 0.657. The highest BCUT2D eigenvalue weighted by atomic mass is 16.5. The lowest BCUT2D eigenvalue weighted by Gasteiger charge is -2.40. The number of nitrogen functional groups attached to an aromatic ring is 1. The van der Waals surface area contributed by atoms with Crippen molar-refractivity contribution < 1.29 is 9.53 Å². The monoisotopic (exact) mass is 362 g/mol. The topological polar surface area (TPSA) is 100 Å². The number of piperidine rings is 2. The average molecular weight is 362 g/mol. The number of likely N-dealkylation sites (tertiary alicyclic amines) is 2. The number of hydrogen-bond donors (Lipinski definition) is 2. The van der Waals surface area contributed by atoms with E-state index in [2.05, 4.69) is 25.0 Å². The van der Waals surface area contributed by atoms with E-state index in [0.717, 1.165) is 83.7 Å². The lowest BCUT2D eigenvalue weighted by atomic mass is 9.90. The predicted octanol–water partition coefficient (Wildman–Crippen LogP) is 0.984. The summed E-state index contributed by atoms with van der Waals surface area (Å²) in [5.41, 5.74) is 5.59. The molecule has 3 fully saturated rings. The van der Waals surface area contributed by atoms with Crippen LogP contribution < -0.4 is 5.73 Å². The van der Waals surface area contributed by atoms with Gasteiger partial charge >= 0.3 is 0 Å². The Morgan fingerprint density at radius 3 is 2.35 bits per heavy atom. The van der Waals surface area contributed by atoms with Gasteiger partial charge in [-0.1, -0.05) is 0 Å². The summed E-state index contributed by atoms with van der Waals surface area (Å²) in [5, 5.41) is 6.83. The lowest BCUT2D eigenvalue weighted by molar-refractivity contribution is -0.138. The van der Waals surface area contributed by atoms with E-state index in [1.165, 1.54) is 0 Å². The minimum atomic E-state index is 0.198. The van der Waals surface area contributed by atoms with Gasteiger partial charge in [-0.05, 0) is 51.6 Å². The minimum Gasteiger partial charge on any atom is -0.381 e. The van der Waals surface area contributed by atoms with Gasteiger partial charge in [-0.15, -0.1) is 5.10 Å². The molecule has 0 aliphatic carbocycles. The number of aromatic amines is 1. The molecule has 1 aromatic rings. The standard InChI is InChI=1S/C18H30N6O2/c19-18-20-16(21-22-18)13-1-9-24(10-2-13)17(25)14-3-7-23(8-4-14)15-5-11-26-12-6-15/h13-15H,1-12H2,(H3,19,20,21,22). The SMILES string of the molecule is Nc1n[nH]c(C2CCN(C(=O)C3CCN(C4CCOCC4)CC3)CC2)n1. The molecule has 3 N–H and O–H groups in total. The van der Waals surface area contributed by atoms with Crippen molar-refractivity contribution in [3.63, 3.8) is 0 Å². The van der Waals surface area contributed by atoms with E-state index in [1.54, 1.807) is 0 Å². The highest BCUT2D eigenvalue weighted by Gasteiger charge is 2.33. The summed E-state index contributed by atoms with van der Waals surface area (Å²) < 4.78 is 5.47. The molecule has 26 heavy (non-hydrogen) atoms. The largest absolute Gasteiger partial charge is 0.381 e. The molecule has 0 aromatic carbocycles. The molecule has 0 atom stereocenters. The summed E-state index contributed by atoms with van der Waals surface area (Å²) in [6.07, 6.45) is 6.13. The zero-order chi connectivity index (χ0) is 17.9. The van der Waals surface area contributed by atoms with Crippen molar-refractivity contribution in [1.82, 2.24) is 25.0 Å². The molecular weight excluding hydrogens is 332 g/mol. The Morgan fingerprint density at radius 1 is 1.04 bits per heavy atom. The van der Waals surface area contributed by atoms with E-state index in [4.69, 9.17) is 10.5 Å². The number of H-pyrrole nitrogens is 1. The van der Waals surface area contributed by atoms with Gasteiger partial charge < -0.3 is 20.3 Å². The molecule has 0 saturated carbocycles. The van der Waals surface area contributed by atoms with E-state index in [9.17, 15) is 4.79 Å². The van der Waals surface area contributed by atoms with Crippen LogP contribution in [0.2, 0.25) is 0 Å². The Kier molecular flexibility index (Phi) is 5.40. The van der Waals surface area contributed by atoms with E-state index >= 15 is 0 Å². The number of anilines is 1. The first kappa shape index (κ1) is 17.7. The number of hydrogen-bond acceptors (Lipinski definition) is 6. The highest BCUT2D eigenvalue weighted by molar-refractivity contribution is 5.79. The zero-order valence-corrected chi connectivity index (χ0v) is 15.4. The number of nitrogens with one attached hydrogen (secondary N) is 1. The summed E-state index contributed by atoms with van der Waals surface area (Å²) >= 11 is 0. The van der Waals surface area contributed by atoms with Crippen molar-refractivity contribution >= 4 is 11.9 Å². The first-order valence-corrected chi connectivity index (χ1v) is 9.99. The normalized spacial score (nSPS) is 24.8. The number of carbonyl (C=O) groups excluding carboxylic acids is 1. The molecule has 4 rings (SSSR count). The van der Waals surface area contributed by atoms with Gasteiger partial charge in [0.25, 0.3) is 0 Å². The molecule has 8 heteroatoms. The molecule has 3 saturated heterocycles. The Morgan fingerprint density at radius 2 is 1.73 bits per heavy atom. The van der Waals surface area contributed by atoms with Crippen LogP contribution >= 0.6 is 0 Å². The number of ether oxygens (including phenoxy) is 1. The van der Waals surface area contributed by atoms with Crippen LogP contribution in [0.15, 0.2) is 0 Å². The second-order valence-electron chi connectivity index (χ2n) is 7.83. The third-order valence-electron chi connectivity index (χ3n) is 6.30. The van der Waals surface area contributed by atoms with Crippen LogP contribution in [-0.4, -0.2) is 76.3 Å². The van der Waals surface area contributed by atoms with Crippen LogP contribution in [0.25, 0.3) is 0 Å². The number of nitrogens with two attached hydrogens (primary N) is 1. The molecule has 144 valence electrons. The molecule has 8 nitrogen and oxygen atoms in total. The van der Waals surface area contributed by atoms with Crippen molar-refractivity contribution in [2.24, 2.45) is 5.92 Å². The van der Waals surface area contributed by atoms with Gasteiger partial charge in [0, 0.05) is 44.2 Å². The number of amides is 1. The summed E-state index contributed by atoms with van der Waals surface area (Å²) in [4.78, 5) is 21.8. The number of rotatable bonds is 3. The van der Waals surface area contributed by atoms with Crippen molar-refractivity contribution in [1.29, 1.82) is 0 Å². The fourth-order valence-corrected chi connectivity index (χ4v) is 4.66. The molecule has 4 heterocycles. The van der Waals surface area contributed by atoms with Crippen LogP contribution in [-0.2, 0) is 9.53 Å². The Bertz CT molecular complexity index is 599. The number of carbonyl (C=O) groups is 1. The summed E-state index contributed by atoms with van der Waals surface area (Å²) in [5.74, 6) is 2.05. The van der Waals surface area contributed by atoms with E-state index in [-0.39, 0.29) is 5.92 Å². The van der Waals surface area contributed by atoms with Gasteiger partial charge in [0.2, 0.25) is 11.9 Å². The van der Waals surface area contributed by atoms with Crippen LogP contribution in [0, 0.1) is 5.92 Å². The maximum absolute atomic E-state index is 12.9. The third kappa shape index (κ3) is 3.86. The van der Waals surface area contributed by atoms with Gasteiger partial charge in [-0.2, -0.15) is 4.98 Å². The summed E-state index contributed by atoms with van der Waals surface area (Å²) in [6.45, 7) is 5.49. The quantitative estimate of drug-likeness (QED) is 0.831. The van der Waals surface area contributed by atoms with E-state index in [1.807, 2.05) is 0 Å². The van der Waals surface area contributed by atoms with Crippen LogP contribution in [0.1, 0.15) is 50.3 Å². The van der Waals surface area contributed by atoms with Gasteiger partial charge in [-0.25, -0.2) is 0 Å². The second-order valence-corrected chi connectivity index (χ2v) is 7.83. The van der Waals surface area contributed by atoms with Crippen molar-refractivity contribution in [2.45, 2.75) is 50.5 Å². The molecule has 1 amide bonds. The van der Waals surface area contributed by atoms with Gasteiger partial charge in [0.1, 0.15) is 5.82 Å². The third-order valence-corrected chi connectivity index (χ3v) is 6.30. The Labute approximate surface area is 154 Å². The van der Waals surface area contributed by atoms with Gasteiger partial charge in [-0.3, -0.25) is 9.89 Å². The van der Waals surface area contributed by atoms with E-state index in [0.29, 0.717) is 23.8 Å². The average Bonchev–Trinajstić information content (AvgIpc) is 3.15. The summed E-state index contributed by atoms with van der Waals surface area (Å²) in [7, 11) is 0. The highest BCUT2D eigenvalue weighted by Crippen LogP contribution is 2.29. The van der Waals surface area contributed by atoms with Crippen LogP contribution in [0.5, 0.6) is 0 Å². The minimum absolute atomic E-state index is 0.198. The first-order chi connectivity index (χ1) is 12.7. The Balaban J connectivity index is 1.24. The fourth-order valence-electron chi connectivity index (χ4n) is 4.66. The zero-order valence-electron chi connectivity index (χ0n) is 15.4. The smallest absolute Gasteiger partial charge is 0.239 e. The van der Waals surface area contributed by atoms with E-state index < -0.39 is 0 Å². The van der Waals surface area contributed by atoms with Gasteiger partial charge in [0.15, 0.2) is 0 Å². The maximum Gasteiger partial charge on any atom is 0.239 e. The van der Waals surface area contributed by atoms with Crippen LogP contribution in [0.3, 0.4) is 0 Å². The van der Waals surface area contributed by atoms with Crippen LogP contribution in [0.4, 0.5) is 5.95 Å². The van der Waals surface area contributed by atoms with Crippen molar-refractivity contribution in [3.8, 4) is 0 Å². The lowest BCUT2D eigenvalue weighted by Crippen LogP contribution is -2.48. The maximum atomic E-state index is 12.9. The molecule has 3 aliphatic heterocycles. The molecule has 0 spiro atoms. The van der Waals surface area contributed by atoms with Crippen molar-refractivity contribution in [3.05, 3.63) is 5.82 Å². The fraction of sp³-hybridized carbons (Fsp3) is 0.833. The Hall–Kier alpha value is -1.67. The predicted molar refractivity (Wildman–Crippen MR) is 97.5 cm³/mol. The van der Waals surface area contributed by atoms with Gasteiger partial charge in [0.05, 0.1) is 0 Å². The number of aromatic nitrogens is 3. The van der Waals surface area contributed by atoms with Crippen molar-refractivity contribution in [2.75, 3.05) is 45.1 Å². The second kappa shape index (κ2) is 7.92.